The van der Waals surface area contributed by atoms with Crippen molar-refractivity contribution in [1.82, 2.24) is 29.5 Å². The third kappa shape index (κ3) is 3.14. The van der Waals surface area contributed by atoms with Gasteiger partial charge >= 0.3 is 0 Å². The van der Waals surface area contributed by atoms with Crippen molar-refractivity contribution in [2.75, 3.05) is 41.7 Å². The summed E-state index contributed by atoms with van der Waals surface area (Å²) >= 11 is 0. The van der Waals surface area contributed by atoms with Gasteiger partial charge in [0, 0.05) is 31.9 Å². The number of nitrogens with zero attached hydrogens (tertiary/aromatic N) is 8. The van der Waals surface area contributed by atoms with Gasteiger partial charge < -0.3 is 20.6 Å². The summed E-state index contributed by atoms with van der Waals surface area (Å²) in [4.78, 5) is 26.1. The zero-order valence-electron chi connectivity index (χ0n) is 15.5. The Morgan fingerprint density at radius 3 is 2.28 bits per heavy atom. The Kier molecular flexibility index (Phi) is 4.08. The molecule has 0 unspecified atom stereocenters. The second-order valence-corrected chi connectivity index (χ2v) is 6.78. The van der Waals surface area contributed by atoms with Crippen molar-refractivity contribution in [2.24, 2.45) is 0 Å². The summed E-state index contributed by atoms with van der Waals surface area (Å²) in [7, 11) is 0. The highest BCUT2D eigenvalue weighted by Crippen LogP contribution is 2.25. The van der Waals surface area contributed by atoms with Crippen molar-refractivity contribution < 1.29 is 5.11 Å². The fourth-order valence-corrected chi connectivity index (χ4v) is 3.48. The molecular formula is C19H19N9O. The molecule has 146 valence electrons. The van der Waals surface area contributed by atoms with E-state index in [1.807, 2.05) is 16.7 Å². The number of piperazine rings is 1. The normalized spacial score (nSPS) is 14.5. The van der Waals surface area contributed by atoms with Crippen LogP contribution in [-0.2, 0) is 0 Å². The molecule has 29 heavy (non-hydrogen) atoms. The van der Waals surface area contributed by atoms with Crippen LogP contribution < -0.4 is 15.5 Å². The molecule has 4 aromatic rings. The number of rotatable bonds is 3. The topological polar surface area (TPSA) is 122 Å². The van der Waals surface area contributed by atoms with Crippen LogP contribution in [0.5, 0.6) is 5.75 Å². The predicted octanol–water partition coefficient (Wildman–Crippen LogP) is 1.22. The minimum atomic E-state index is 0.269. The van der Waals surface area contributed by atoms with Crippen molar-refractivity contribution in [1.29, 1.82) is 0 Å². The van der Waals surface area contributed by atoms with Crippen molar-refractivity contribution >= 4 is 28.6 Å². The Balaban J connectivity index is 1.42. The van der Waals surface area contributed by atoms with Gasteiger partial charge in [-0.05, 0) is 24.3 Å². The van der Waals surface area contributed by atoms with Crippen LogP contribution in [0.4, 0.5) is 17.5 Å². The fourth-order valence-electron chi connectivity index (χ4n) is 3.48. The average Bonchev–Trinajstić information content (AvgIpc) is 3.20. The maximum absolute atomic E-state index is 9.48. The lowest BCUT2D eigenvalue weighted by Crippen LogP contribution is -2.47. The number of hydrogen-bond acceptors (Lipinski definition) is 9. The zero-order chi connectivity index (χ0) is 19.8. The van der Waals surface area contributed by atoms with Gasteiger partial charge in [-0.25, -0.2) is 15.0 Å². The molecule has 0 bridgehead atoms. The van der Waals surface area contributed by atoms with Crippen LogP contribution in [0, 0.1) is 0 Å². The zero-order valence-corrected chi connectivity index (χ0v) is 15.5. The van der Waals surface area contributed by atoms with E-state index in [4.69, 9.17) is 10.7 Å². The van der Waals surface area contributed by atoms with Gasteiger partial charge in [0.1, 0.15) is 18.4 Å². The van der Waals surface area contributed by atoms with Gasteiger partial charge in [0.25, 0.3) is 0 Å². The Morgan fingerprint density at radius 2 is 1.55 bits per heavy atom. The van der Waals surface area contributed by atoms with Crippen LogP contribution in [0.2, 0.25) is 0 Å². The standard InChI is InChI=1S/C19H19N9O/c20-17-16-18(28(12-23-16)14-9-21-11-22-10-14)25-19(24-17)27-7-5-26(6-8-27)13-1-3-15(29)4-2-13/h1-4,9-12,29H,5-8H2,(H2,20,24,25). The molecule has 3 aromatic heterocycles. The molecule has 10 nitrogen and oxygen atoms in total. The van der Waals surface area contributed by atoms with E-state index < -0.39 is 0 Å². The summed E-state index contributed by atoms with van der Waals surface area (Å²) in [5.41, 5.74) is 9.20. The van der Waals surface area contributed by atoms with E-state index >= 15 is 0 Å². The number of fused-ring (bicyclic) bond motifs is 1. The molecule has 3 N–H and O–H groups in total. The van der Waals surface area contributed by atoms with E-state index in [9.17, 15) is 5.11 Å². The number of aromatic hydroxyl groups is 1. The first-order valence-corrected chi connectivity index (χ1v) is 9.24. The number of aromatic nitrogens is 6. The maximum atomic E-state index is 9.48. The van der Waals surface area contributed by atoms with Crippen molar-refractivity contribution in [2.45, 2.75) is 0 Å². The number of nitrogen functional groups attached to an aromatic ring is 1. The number of benzene rings is 1. The summed E-state index contributed by atoms with van der Waals surface area (Å²) in [5.74, 6) is 1.20. The first kappa shape index (κ1) is 17.2. The van der Waals surface area contributed by atoms with Gasteiger partial charge in [-0.2, -0.15) is 9.97 Å². The smallest absolute Gasteiger partial charge is 0.229 e. The molecule has 0 radical (unpaired) electrons. The van der Waals surface area contributed by atoms with Crippen LogP contribution in [0.3, 0.4) is 0 Å². The van der Waals surface area contributed by atoms with Gasteiger partial charge in [-0.1, -0.05) is 0 Å². The van der Waals surface area contributed by atoms with Crippen molar-refractivity contribution in [3.05, 3.63) is 49.3 Å². The molecule has 4 heterocycles. The van der Waals surface area contributed by atoms with Crippen LogP contribution in [0.15, 0.2) is 49.3 Å². The quantitative estimate of drug-likeness (QED) is 0.532. The summed E-state index contributed by atoms with van der Waals surface area (Å²) in [6, 6.07) is 7.25. The lowest BCUT2D eigenvalue weighted by atomic mass is 10.2. The third-order valence-corrected chi connectivity index (χ3v) is 5.01. The van der Waals surface area contributed by atoms with Gasteiger partial charge in [0.15, 0.2) is 17.0 Å². The van der Waals surface area contributed by atoms with Crippen molar-refractivity contribution in [3.63, 3.8) is 0 Å². The molecule has 1 fully saturated rings. The SMILES string of the molecule is Nc1nc(N2CCN(c3ccc(O)cc3)CC2)nc2c1ncn2-c1cncnc1. The molecule has 1 aliphatic rings. The Hall–Kier alpha value is -3.95. The van der Waals surface area contributed by atoms with E-state index in [2.05, 4.69) is 29.7 Å². The predicted molar refractivity (Wildman–Crippen MR) is 109 cm³/mol. The second kappa shape index (κ2) is 6.89. The monoisotopic (exact) mass is 389 g/mol. The van der Waals surface area contributed by atoms with Crippen LogP contribution in [0.25, 0.3) is 16.9 Å². The summed E-state index contributed by atoms with van der Waals surface area (Å²) in [6.45, 7) is 3.15. The average molecular weight is 389 g/mol. The lowest BCUT2D eigenvalue weighted by Gasteiger charge is -2.36. The minimum Gasteiger partial charge on any atom is -0.508 e. The Bertz CT molecular complexity index is 1140. The molecule has 1 aliphatic heterocycles. The molecule has 0 spiro atoms. The fraction of sp³-hybridized carbons (Fsp3) is 0.211. The van der Waals surface area contributed by atoms with Gasteiger partial charge in [-0.3, -0.25) is 4.57 Å². The van der Waals surface area contributed by atoms with E-state index in [0.717, 1.165) is 37.6 Å². The molecule has 1 saturated heterocycles. The minimum absolute atomic E-state index is 0.269. The van der Waals surface area contributed by atoms with Crippen LogP contribution in [0.1, 0.15) is 0 Å². The Labute approximate surface area is 166 Å². The highest BCUT2D eigenvalue weighted by molar-refractivity contribution is 5.84. The number of anilines is 3. The number of imidazole rings is 1. The van der Waals surface area contributed by atoms with Gasteiger partial charge in [0.2, 0.25) is 5.95 Å². The summed E-state index contributed by atoms with van der Waals surface area (Å²) < 4.78 is 1.81. The molecule has 0 atom stereocenters. The van der Waals surface area contributed by atoms with Crippen LogP contribution in [-0.4, -0.2) is 60.8 Å². The lowest BCUT2D eigenvalue weighted by molar-refractivity contribution is 0.475. The largest absolute Gasteiger partial charge is 0.508 e. The molecule has 1 aromatic carbocycles. The molecule has 5 rings (SSSR count). The first-order chi connectivity index (χ1) is 14.2. The number of phenols is 1. The number of hydrogen-bond donors (Lipinski definition) is 2. The molecule has 0 aliphatic carbocycles. The summed E-state index contributed by atoms with van der Waals surface area (Å²) in [6.07, 6.45) is 6.52. The number of nitrogens with two attached hydrogens (primary N) is 1. The van der Waals surface area contributed by atoms with E-state index in [0.29, 0.717) is 22.9 Å². The first-order valence-electron chi connectivity index (χ1n) is 9.24. The van der Waals surface area contributed by atoms with E-state index in [-0.39, 0.29) is 5.75 Å². The van der Waals surface area contributed by atoms with Crippen LogP contribution >= 0.6 is 0 Å². The number of phenolic OH excluding ortho intramolecular Hbond substituents is 1. The third-order valence-electron chi connectivity index (χ3n) is 5.01. The second-order valence-electron chi connectivity index (χ2n) is 6.78. The van der Waals surface area contributed by atoms with E-state index in [1.54, 1.807) is 30.9 Å². The molecule has 0 amide bonds. The van der Waals surface area contributed by atoms with Crippen molar-refractivity contribution in [3.8, 4) is 11.4 Å². The highest BCUT2D eigenvalue weighted by atomic mass is 16.3. The molecular weight excluding hydrogens is 370 g/mol. The van der Waals surface area contributed by atoms with Gasteiger partial charge in [0.05, 0.1) is 18.1 Å². The molecule has 0 saturated carbocycles. The molecule has 10 heteroatoms. The van der Waals surface area contributed by atoms with E-state index in [1.165, 1.54) is 6.33 Å². The van der Waals surface area contributed by atoms with Gasteiger partial charge in [-0.15, -0.1) is 0 Å². The summed E-state index contributed by atoms with van der Waals surface area (Å²) in [5, 5.41) is 9.48. The maximum Gasteiger partial charge on any atom is 0.229 e. The Morgan fingerprint density at radius 1 is 0.862 bits per heavy atom. The highest BCUT2D eigenvalue weighted by Gasteiger charge is 2.22.